The second-order valence-corrected chi connectivity index (χ2v) is 11.8. The molecule has 2 aliphatic heterocycles. The first kappa shape index (κ1) is 32.7. The van der Waals surface area contributed by atoms with Crippen LogP contribution < -0.4 is 16.0 Å². The van der Waals surface area contributed by atoms with Crippen molar-refractivity contribution in [2.45, 2.75) is 36.4 Å². The summed E-state index contributed by atoms with van der Waals surface area (Å²) in [6, 6.07) is 13.4. The van der Waals surface area contributed by atoms with Gasteiger partial charge in [-0.3, -0.25) is 19.9 Å². The number of urea groups is 1. The van der Waals surface area contributed by atoms with Crippen LogP contribution in [0.5, 0.6) is 0 Å². The molecule has 1 aromatic heterocycles. The number of thiophene rings is 1. The summed E-state index contributed by atoms with van der Waals surface area (Å²) in [5.74, 6) is -2.30. The number of amidine groups is 1. The van der Waals surface area contributed by atoms with E-state index in [1.165, 1.54) is 35.2 Å². The van der Waals surface area contributed by atoms with Crippen molar-refractivity contribution in [1.29, 1.82) is 0 Å². The summed E-state index contributed by atoms with van der Waals surface area (Å²) in [6.07, 6.45) is -4.26. The molecule has 2 aromatic carbocycles. The maximum atomic E-state index is 13.7. The molecule has 3 heterocycles. The number of nitrogens with zero attached hydrogens (tertiary/aromatic N) is 2. The predicted molar refractivity (Wildman–Crippen MR) is 159 cm³/mol. The summed E-state index contributed by atoms with van der Waals surface area (Å²) in [7, 11) is 0. The second-order valence-electron chi connectivity index (χ2n) is 9.67. The van der Waals surface area contributed by atoms with Crippen LogP contribution in [-0.2, 0) is 9.59 Å². The molecule has 3 aromatic rings. The molecule has 0 bridgehead atoms. The number of hydrogen-bond acceptors (Lipinski definition) is 7. The molecule has 0 saturated carbocycles. The van der Waals surface area contributed by atoms with Crippen LogP contribution >= 0.6 is 23.1 Å². The highest BCUT2D eigenvalue weighted by Crippen LogP contribution is 2.38. The number of amides is 4. The van der Waals surface area contributed by atoms with Crippen LogP contribution in [0.4, 0.5) is 27.4 Å². The van der Waals surface area contributed by atoms with E-state index in [9.17, 15) is 31.9 Å². The number of carboxylic acids is 1. The Hall–Kier alpha value is -4.18. The van der Waals surface area contributed by atoms with Gasteiger partial charge in [0.25, 0.3) is 11.8 Å². The minimum atomic E-state index is -5.08. The molecule has 234 valence electrons. The third-order valence-electron chi connectivity index (χ3n) is 6.71. The maximum Gasteiger partial charge on any atom is 0.490 e. The van der Waals surface area contributed by atoms with Crippen LogP contribution in [0.1, 0.15) is 30.1 Å². The first-order valence-electron chi connectivity index (χ1n) is 13.3. The molecule has 44 heavy (non-hydrogen) atoms. The first-order chi connectivity index (χ1) is 20.8. The van der Waals surface area contributed by atoms with Gasteiger partial charge in [-0.2, -0.15) is 13.2 Å². The number of hydrogen-bond donors (Lipinski definition) is 4. The zero-order chi connectivity index (χ0) is 32.1. The number of nitrogens with one attached hydrogen (secondary N) is 3. The molecule has 0 radical (unpaired) electrons. The number of carbonyl (C=O) groups is 4. The zero-order valence-electron chi connectivity index (χ0n) is 23.2. The molecule has 0 aliphatic carbocycles. The van der Waals surface area contributed by atoms with Crippen LogP contribution in [0.25, 0.3) is 10.1 Å². The fourth-order valence-corrected chi connectivity index (χ4v) is 6.42. The largest absolute Gasteiger partial charge is 0.490 e. The average molecular weight is 654 g/mol. The van der Waals surface area contributed by atoms with Crippen molar-refractivity contribution >= 4 is 67.8 Å². The molecule has 2 aliphatic rings. The van der Waals surface area contributed by atoms with Gasteiger partial charge in [0.1, 0.15) is 22.2 Å². The Morgan fingerprint density at radius 3 is 2.36 bits per heavy atom. The number of carbonyl (C=O) groups excluding carboxylic acids is 3. The van der Waals surface area contributed by atoms with Crippen LogP contribution in [0.15, 0.2) is 58.4 Å². The molecule has 4 N–H and O–H groups in total. The molecule has 10 nitrogen and oxygen atoms in total. The summed E-state index contributed by atoms with van der Waals surface area (Å²) in [6.45, 7) is 3.05. The van der Waals surface area contributed by atoms with Gasteiger partial charge in [0.2, 0.25) is 0 Å². The topological polar surface area (TPSA) is 140 Å². The number of aliphatic carboxylic acids is 1. The van der Waals surface area contributed by atoms with Crippen LogP contribution in [0.3, 0.4) is 0 Å². The van der Waals surface area contributed by atoms with Gasteiger partial charge in [-0.15, -0.1) is 23.1 Å². The number of rotatable bonds is 6. The van der Waals surface area contributed by atoms with E-state index in [0.29, 0.717) is 54.6 Å². The Morgan fingerprint density at radius 2 is 1.75 bits per heavy atom. The van der Waals surface area contributed by atoms with Gasteiger partial charge in [-0.25, -0.2) is 14.0 Å². The van der Waals surface area contributed by atoms with E-state index in [1.807, 2.05) is 31.2 Å². The molecular formula is C28H27F4N5O5S2. The predicted octanol–water partition coefficient (Wildman–Crippen LogP) is 5.11. The number of benzene rings is 2. The lowest BCUT2D eigenvalue weighted by Gasteiger charge is -2.35. The van der Waals surface area contributed by atoms with Gasteiger partial charge in [-0.1, -0.05) is 18.2 Å². The average Bonchev–Trinajstić information content (AvgIpc) is 3.49. The van der Waals surface area contributed by atoms with E-state index in [0.717, 1.165) is 15.0 Å². The number of aliphatic imine (C=N–C) groups is 1. The van der Waals surface area contributed by atoms with Crippen molar-refractivity contribution in [1.82, 2.24) is 15.5 Å². The highest BCUT2D eigenvalue weighted by molar-refractivity contribution is 8.00. The number of likely N-dealkylation sites (tertiary alicyclic amines) is 1. The zero-order valence-corrected chi connectivity index (χ0v) is 24.8. The van der Waals surface area contributed by atoms with E-state index >= 15 is 0 Å². The monoisotopic (exact) mass is 653 g/mol. The number of anilines is 1. The normalized spacial score (nSPS) is 15.7. The fourth-order valence-electron chi connectivity index (χ4n) is 4.57. The molecule has 5 rings (SSSR count). The summed E-state index contributed by atoms with van der Waals surface area (Å²) in [4.78, 5) is 55.0. The SMILES string of the molecule is CCNC(=O)Nc1sc2ccccc2c1C(=O)N1CCC2(CC1)N=C(CSc1ccc(F)cc1)NC2=O.O=C(O)C(F)(F)F. The molecular weight excluding hydrogens is 626 g/mol. The van der Waals surface area contributed by atoms with E-state index in [-0.39, 0.29) is 23.7 Å². The van der Waals surface area contributed by atoms with Gasteiger partial charge in [0.05, 0.1) is 11.3 Å². The smallest absolute Gasteiger partial charge is 0.475 e. The van der Waals surface area contributed by atoms with Gasteiger partial charge < -0.3 is 20.6 Å². The standard InChI is InChI=1S/C26H26FN5O3S2.C2HF3O2/c1-2-28-25(35)30-22-21(18-5-3-4-6-19(18)37-22)23(33)32-13-11-26(12-14-32)24(34)29-20(31-26)15-36-17-9-7-16(27)8-10-17;3-2(4,5)1(6)7/h3-10H,2,11-15H2,1H3,(H2,28,30,35)(H,29,31,34);(H,6,7). The summed E-state index contributed by atoms with van der Waals surface area (Å²) >= 11 is 2.84. The van der Waals surface area contributed by atoms with Crippen molar-refractivity contribution in [3.05, 3.63) is 59.9 Å². The van der Waals surface area contributed by atoms with Crippen molar-refractivity contribution in [3.8, 4) is 0 Å². The highest BCUT2D eigenvalue weighted by atomic mass is 32.2. The van der Waals surface area contributed by atoms with Crippen molar-refractivity contribution in [3.63, 3.8) is 0 Å². The van der Waals surface area contributed by atoms with E-state index in [4.69, 9.17) is 14.9 Å². The molecule has 4 amide bonds. The quantitative estimate of drug-likeness (QED) is 0.215. The first-order valence-corrected chi connectivity index (χ1v) is 15.1. The number of piperidine rings is 1. The van der Waals surface area contributed by atoms with Gasteiger partial charge >= 0.3 is 18.2 Å². The molecule has 1 fully saturated rings. The molecule has 0 unspecified atom stereocenters. The number of fused-ring (bicyclic) bond motifs is 1. The Kier molecular flexibility index (Phi) is 10.1. The van der Waals surface area contributed by atoms with E-state index < -0.39 is 17.7 Å². The molecule has 16 heteroatoms. The number of alkyl halides is 3. The molecule has 0 atom stereocenters. The minimum absolute atomic E-state index is 0.145. The maximum absolute atomic E-state index is 13.7. The number of thioether (sulfide) groups is 1. The molecule has 1 spiro atoms. The van der Waals surface area contributed by atoms with Crippen LogP contribution in [-0.4, -0.2) is 76.8 Å². The van der Waals surface area contributed by atoms with Gasteiger partial charge in [0.15, 0.2) is 0 Å². The lowest BCUT2D eigenvalue weighted by molar-refractivity contribution is -0.192. The van der Waals surface area contributed by atoms with Crippen molar-refractivity contribution < 1.29 is 41.8 Å². The van der Waals surface area contributed by atoms with Gasteiger partial charge in [-0.05, 0) is 50.1 Å². The Bertz CT molecular complexity index is 1590. The van der Waals surface area contributed by atoms with Crippen molar-refractivity contribution in [2.75, 3.05) is 30.7 Å². The Balaban J connectivity index is 0.000000566. The van der Waals surface area contributed by atoms with Crippen LogP contribution in [0, 0.1) is 5.82 Å². The third-order valence-corrected chi connectivity index (χ3v) is 8.82. The lowest BCUT2D eigenvalue weighted by Crippen LogP contribution is -2.50. The third kappa shape index (κ3) is 7.66. The fraction of sp³-hybridized carbons (Fsp3) is 0.321. The summed E-state index contributed by atoms with van der Waals surface area (Å²) in [5.41, 5.74) is -0.410. The summed E-state index contributed by atoms with van der Waals surface area (Å²) in [5, 5.41) is 16.8. The molecule has 1 saturated heterocycles. The number of halogens is 4. The van der Waals surface area contributed by atoms with E-state index in [1.54, 1.807) is 17.0 Å². The lowest BCUT2D eigenvalue weighted by atomic mass is 9.87. The van der Waals surface area contributed by atoms with E-state index in [2.05, 4.69) is 16.0 Å². The van der Waals surface area contributed by atoms with Crippen LogP contribution in [0.2, 0.25) is 0 Å². The summed E-state index contributed by atoms with van der Waals surface area (Å²) < 4.78 is 45.8. The van der Waals surface area contributed by atoms with Crippen molar-refractivity contribution in [2.24, 2.45) is 4.99 Å². The minimum Gasteiger partial charge on any atom is -0.475 e. The Labute approximate surface area is 256 Å². The Morgan fingerprint density at radius 1 is 1.11 bits per heavy atom. The highest BCUT2D eigenvalue weighted by Gasteiger charge is 2.46. The second kappa shape index (κ2) is 13.6. The number of carboxylic acid groups (broad SMARTS) is 1. The van der Waals surface area contributed by atoms with Gasteiger partial charge in [0, 0.05) is 34.6 Å².